The Kier molecular flexibility index (Phi) is 4.31. The quantitative estimate of drug-likeness (QED) is 0.814. The second-order valence-electron chi connectivity index (χ2n) is 5.39. The van der Waals surface area contributed by atoms with Gasteiger partial charge < -0.3 is 5.32 Å². The van der Waals surface area contributed by atoms with E-state index in [9.17, 15) is 0 Å². The van der Waals surface area contributed by atoms with E-state index in [1.807, 2.05) is 0 Å². The Morgan fingerprint density at radius 1 is 1.19 bits per heavy atom. The lowest BCUT2D eigenvalue weighted by Crippen LogP contribution is -2.35. The molecule has 0 aliphatic heterocycles. The molecule has 1 heteroatoms. The molecule has 1 N–H and O–H groups in total. The van der Waals surface area contributed by atoms with Crippen LogP contribution in [0.3, 0.4) is 0 Å². The molecule has 1 aromatic rings. The molecular formula is C15H23N. The second kappa shape index (κ2) is 5.31. The van der Waals surface area contributed by atoms with E-state index in [0.717, 1.165) is 6.54 Å². The summed E-state index contributed by atoms with van der Waals surface area (Å²) in [6.07, 6.45) is 4.38. The number of nitrogens with one attached hydrogen (secondary N) is 1. The van der Waals surface area contributed by atoms with Gasteiger partial charge in [0.25, 0.3) is 0 Å². The van der Waals surface area contributed by atoms with Crippen LogP contribution in [0.25, 0.3) is 6.08 Å². The van der Waals surface area contributed by atoms with Gasteiger partial charge in [-0.15, -0.1) is 0 Å². The summed E-state index contributed by atoms with van der Waals surface area (Å²) < 4.78 is 0. The standard InChI is InChI=1S/C15H23N/c1-12-8-9-13(2)14(11-12)7-6-10-16-15(3,4)5/h6-9,11,16H,10H2,1-5H3. The van der Waals surface area contributed by atoms with Crippen LogP contribution in [0.5, 0.6) is 0 Å². The summed E-state index contributed by atoms with van der Waals surface area (Å²) in [7, 11) is 0. The van der Waals surface area contributed by atoms with Gasteiger partial charge in [-0.3, -0.25) is 0 Å². The molecule has 0 atom stereocenters. The molecule has 1 aromatic carbocycles. The van der Waals surface area contributed by atoms with Gasteiger partial charge in [0, 0.05) is 12.1 Å². The van der Waals surface area contributed by atoms with Crippen LogP contribution in [-0.2, 0) is 0 Å². The fourth-order valence-corrected chi connectivity index (χ4v) is 1.49. The van der Waals surface area contributed by atoms with Gasteiger partial charge in [-0.05, 0) is 45.7 Å². The molecule has 88 valence electrons. The fraction of sp³-hybridized carbons (Fsp3) is 0.467. The molecule has 0 amide bonds. The maximum absolute atomic E-state index is 3.44. The van der Waals surface area contributed by atoms with Crippen molar-refractivity contribution in [1.29, 1.82) is 0 Å². The lowest BCUT2D eigenvalue weighted by atomic mass is 10.1. The molecule has 0 aromatic heterocycles. The van der Waals surface area contributed by atoms with Crippen LogP contribution in [0.1, 0.15) is 37.5 Å². The molecule has 0 saturated heterocycles. The van der Waals surface area contributed by atoms with Crippen LogP contribution in [-0.4, -0.2) is 12.1 Å². The molecule has 0 aliphatic carbocycles. The van der Waals surface area contributed by atoms with E-state index in [1.165, 1.54) is 16.7 Å². The minimum atomic E-state index is 0.186. The van der Waals surface area contributed by atoms with E-state index < -0.39 is 0 Å². The normalized spacial score (nSPS) is 12.3. The SMILES string of the molecule is Cc1ccc(C)c(C=CCNC(C)(C)C)c1. The third-order valence-electron chi connectivity index (χ3n) is 2.48. The predicted octanol–water partition coefficient (Wildman–Crippen LogP) is 3.70. The van der Waals surface area contributed by atoms with Gasteiger partial charge in [0.1, 0.15) is 0 Å². The van der Waals surface area contributed by atoms with Crippen molar-refractivity contribution in [2.45, 2.75) is 40.2 Å². The first-order valence-electron chi connectivity index (χ1n) is 5.87. The van der Waals surface area contributed by atoms with Crippen molar-refractivity contribution in [2.75, 3.05) is 6.54 Å². The van der Waals surface area contributed by atoms with Crippen molar-refractivity contribution in [3.8, 4) is 0 Å². The van der Waals surface area contributed by atoms with Crippen LogP contribution in [0, 0.1) is 13.8 Å². The van der Waals surface area contributed by atoms with Crippen molar-refractivity contribution in [3.63, 3.8) is 0 Å². The third kappa shape index (κ3) is 4.63. The van der Waals surface area contributed by atoms with Gasteiger partial charge in [0.15, 0.2) is 0 Å². The average molecular weight is 217 g/mol. The van der Waals surface area contributed by atoms with Gasteiger partial charge in [-0.2, -0.15) is 0 Å². The topological polar surface area (TPSA) is 12.0 Å². The first kappa shape index (κ1) is 13.0. The van der Waals surface area contributed by atoms with Gasteiger partial charge in [0.2, 0.25) is 0 Å². The monoisotopic (exact) mass is 217 g/mol. The van der Waals surface area contributed by atoms with E-state index in [1.54, 1.807) is 0 Å². The van der Waals surface area contributed by atoms with Gasteiger partial charge in [0.05, 0.1) is 0 Å². The molecule has 1 rings (SSSR count). The Morgan fingerprint density at radius 3 is 2.50 bits per heavy atom. The van der Waals surface area contributed by atoms with E-state index in [2.05, 4.69) is 70.3 Å². The van der Waals surface area contributed by atoms with Crippen molar-refractivity contribution in [3.05, 3.63) is 41.0 Å². The highest BCUT2D eigenvalue weighted by Gasteiger charge is 2.05. The molecule has 0 bridgehead atoms. The molecule has 1 nitrogen and oxygen atoms in total. The predicted molar refractivity (Wildman–Crippen MR) is 72.7 cm³/mol. The smallest absolute Gasteiger partial charge is 0.0143 e. The molecular weight excluding hydrogens is 194 g/mol. The summed E-state index contributed by atoms with van der Waals surface area (Å²) in [6.45, 7) is 11.7. The number of hydrogen-bond acceptors (Lipinski definition) is 1. The summed E-state index contributed by atoms with van der Waals surface area (Å²) >= 11 is 0. The summed E-state index contributed by atoms with van der Waals surface area (Å²) in [5, 5.41) is 3.44. The summed E-state index contributed by atoms with van der Waals surface area (Å²) in [4.78, 5) is 0. The van der Waals surface area contributed by atoms with E-state index in [0.29, 0.717) is 0 Å². The van der Waals surface area contributed by atoms with Crippen molar-refractivity contribution in [2.24, 2.45) is 0 Å². The van der Waals surface area contributed by atoms with Gasteiger partial charge >= 0.3 is 0 Å². The molecule has 0 spiro atoms. The zero-order chi connectivity index (χ0) is 12.2. The fourth-order valence-electron chi connectivity index (χ4n) is 1.49. The molecule has 0 saturated carbocycles. The minimum absolute atomic E-state index is 0.186. The lowest BCUT2D eigenvalue weighted by molar-refractivity contribution is 0.450. The van der Waals surface area contributed by atoms with Crippen LogP contribution in [0.15, 0.2) is 24.3 Å². The molecule has 0 aliphatic rings. The third-order valence-corrected chi connectivity index (χ3v) is 2.48. The summed E-state index contributed by atoms with van der Waals surface area (Å²) in [5.41, 5.74) is 4.15. The molecule has 0 unspecified atom stereocenters. The maximum Gasteiger partial charge on any atom is 0.0143 e. The van der Waals surface area contributed by atoms with Crippen molar-refractivity contribution in [1.82, 2.24) is 5.32 Å². The largest absolute Gasteiger partial charge is 0.309 e. The molecule has 0 heterocycles. The number of rotatable bonds is 3. The van der Waals surface area contributed by atoms with Gasteiger partial charge in [-0.25, -0.2) is 0 Å². The molecule has 0 radical (unpaired) electrons. The van der Waals surface area contributed by atoms with Crippen molar-refractivity contribution >= 4 is 6.08 Å². The maximum atomic E-state index is 3.44. The Balaban J connectivity index is 2.59. The van der Waals surface area contributed by atoms with Crippen molar-refractivity contribution < 1.29 is 0 Å². The highest BCUT2D eigenvalue weighted by molar-refractivity contribution is 5.54. The molecule has 0 fully saturated rings. The Labute approximate surface area is 99.6 Å². The average Bonchev–Trinajstić information content (AvgIpc) is 2.16. The Hall–Kier alpha value is -1.08. The second-order valence-corrected chi connectivity index (χ2v) is 5.39. The van der Waals surface area contributed by atoms with Gasteiger partial charge in [-0.1, -0.05) is 35.9 Å². The van der Waals surface area contributed by atoms with E-state index in [-0.39, 0.29) is 5.54 Å². The van der Waals surface area contributed by atoms with Crippen LogP contribution in [0.4, 0.5) is 0 Å². The van der Waals surface area contributed by atoms with E-state index in [4.69, 9.17) is 0 Å². The number of benzene rings is 1. The van der Waals surface area contributed by atoms with Crippen LogP contribution < -0.4 is 5.32 Å². The first-order chi connectivity index (χ1) is 7.38. The minimum Gasteiger partial charge on any atom is -0.309 e. The summed E-state index contributed by atoms with van der Waals surface area (Å²) in [5.74, 6) is 0. The molecule has 16 heavy (non-hydrogen) atoms. The zero-order valence-electron chi connectivity index (χ0n) is 11.1. The lowest BCUT2D eigenvalue weighted by Gasteiger charge is -2.18. The number of aryl methyl sites for hydroxylation is 2. The van der Waals surface area contributed by atoms with Crippen LogP contribution in [0.2, 0.25) is 0 Å². The Morgan fingerprint density at radius 2 is 1.88 bits per heavy atom. The summed E-state index contributed by atoms with van der Waals surface area (Å²) in [6, 6.07) is 6.55. The highest BCUT2D eigenvalue weighted by atomic mass is 14.9. The Bertz CT molecular complexity index is 370. The first-order valence-corrected chi connectivity index (χ1v) is 5.87. The van der Waals surface area contributed by atoms with E-state index >= 15 is 0 Å². The number of hydrogen-bond donors (Lipinski definition) is 1. The van der Waals surface area contributed by atoms with Crippen LogP contribution >= 0.6 is 0 Å². The highest BCUT2D eigenvalue weighted by Crippen LogP contribution is 2.12. The zero-order valence-corrected chi connectivity index (χ0v) is 11.1.